The number of anilines is 1. The van der Waals surface area contributed by atoms with Gasteiger partial charge in [-0.15, -0.1) is 0 Å². The third-order valence-electron chi connectivity index (χ3n) is 6.36. The van der Waals surface area contributed by atoms with E-state index in [9.17, 15) is 14.0 Å². The van der Waals surface area contributed by atoms with Gasteiger partial charge >= 0.3 is 0 Å². The average molecular weight is 442 g/mol. The van der Waals surface area contributed by atoms with Gasteiger partial charge < -0.3 is 10.1 Å². The van der Waals surface area contributed by atoms with Crippen LogP contribution >= 0.6 is 0 Å². The Morgan fingerprint density at radius 2 is 1.78 bits per heavy atom. The van der Waals surface area contributed by atoms with Crippen molar-refractivity contribution in [3.8, 4) is 5.75 Å². The molecule has 2 aromatic rings. The summed E-state index contributed by atoms with van der Waals surface area (Å²) in [4.78, 5) is 23.3. The number of halogens is 1. The molecule has 0 spiro atoms. The summed E-state index contributed by atoms with van der Waals surface area (Å²) in [5.74, 6) is 0.714. The number of rotatable bonds is 6. The van der Waals surface area contributed by atoms with Gasteiger partial charge in [-0.3, -0.25) is 9.59 Å². The lowest BCUT2D eigenvalue weighted by Gasteiger charge is -2.26. The minimum Gasteiger partial charge on any atom is -0.494 e. The van der Waals surface area contributed by atoms with Crippen LogP contribution in [0.15, 0.2) is 36.4 Å². The molecule has 1 aliphatic carbocycles. The van der Waals surface area contributed by atoms with E-state index in [4.69, 9.17) is 4.74 Å². The number of nitrogens with one attached hydrogen (secondary N) is 1. The van der Waals surface area contributed by atoms with Gasteiger partial charge in [0.1, 0.15) is 0 Å². The molecule has 32 heavy (non-hydrogen) atoms. The summed E-state index contributed by atoms with van der Waals surface area (Å²) in [5.41, 5.74) is 3.76. The molecule has 174 valence electrons. The molecular formula is C27H36FNO3. The second kappa shape index (κ2) is 12.4. The minimum absolute atomic E-state index is 0.00381. The lowest BCUT2D eigenvalue weighted by molar-refractivity contribution is -0.121. The van der Waals surface area contributed by atoms with Crippen molar-refractivity contribution < 1.29 is 18.7 Å². The molecule has 2 aromatic carbocycles. The number of ether oxygens (including phenoxy) is 1. The molecule has 0 heterocycles. The van der Waals surface area contributed by atoms with E-state index >= 15 is 0 Å². The van der Waals surface area contributed by atoms with E-state index < -0.39 is 5.82 Å². The summed E-state index contributed by atoms with van der Waals surface area (Å²) >= 11 is 0. The normalized spacial score (nSPS) is 17.7. The first-order chi connectivity index (χ1) is 15.3. The fraction of sp³-hybridized carbons (Fsp3) is 0.481. The molecule has 0 bridgehead atoms. The number of carbonyl (C=O) groups excluding carboxylic acids is 2. The van der Waals surface area contributed by atoms with Crippen molar-refractivity contribution in [3.63, 3.8) is 0 Å². The van der Waals surface area contributed by atoms with Gasteiger partial charge in [0.05, 0.1) is 7.11 Å². The Hall–Kier alpha value is -2.69. The summed E-state index contributed by atoms with van der Waals surface area (Å²) in [5, 5.41) is 2.80. The molecule has 1 aliphatic rings. The molecule has 0 aromatic heterocycles. The van der Waals surface area contributed by atoms with Gasteiger partial charge in [-0.05, 0) is 75.1 Å². The van der Waals surface area contributed by atoms with E-state index in [2.05, 4.69) is 19.2 Å². The van der Waals surface area contributed by atoms with Gasteiger partial charge in [0, 0.05) is 23.2 Å². The fourth-order valence-corrected chi connectivity index (χ4v) is 4.32. The third kappa shape index (κ3) is 6.91. The van der Waals surface area contributed by atoms with Crippen molar-refractivity contribution in [2.75, 3.05) is 12.4 Å². The Balaban J connectivity index is 0.000000258. The Bertz CT molecular complexity index is 917. The summed E-state index contributed by atoms with van der Waals surface area (Å²) in [6.07, 6.45) is 6.22. The zero-order valence-corrected chi connectivity index (χ0v) is 20.0. The summed E-state index contributed by atoms with van der Waals surface area (Å²) in [7, 11) is 1.42. The molecule has 0 unspecified atom stereocenters. The molecule has 0 aliphatic heterocycles. The van der Waals surface area contributed by atoms with Crippen molar-refractivity contribution in [1.29, 1.82) is 0 Å². The van der Waals surface area contributed by atoms with Crippen LogP contribution in [0.4, 0.5) is 10.1 Å². The lowest BCUT2D eigenvalue weighted by Crippen LogP contribution is -2.27. The molecular weight excluding hydrogens is 405 g/mol. The van der Waals surface area contributed by atoms with Crippen LogP contribution in [0.5, 0.6) is 5.75 Å². The van der Waals surface area contributed by atoms with Crippen LogP contribution in [-0.2, 0) is 11.2 Å². The highest BCUT2D eigenvalue weighted by Crippen LogP contribution is 2.31. The molecule has 1 saturated carbocycles. The van der Waals surface area contributed by atoms with Gasteiger partial charge in [-0.1, -0.05) is 38.5 Å². The number of hydrogen-bond donors (Lipinski definition) is 1. The number of aryl methyl sites for hydroxylation is 1. The van der Waals surface area contributed by atoms with Crippen molar-refractivity contribution >= 4 is 17.4 Å². The SMILES string of the molecule is CCC1CCC(C(=O)Nc2ccc(OC)c(F)c2)CC1.CCc1c(C)cccc1C(C)=O. The Kier molecular flexibility index (Phi) is 9.89. The highest BCUT2D eigenvalue weighted by molar-refractivity contribution is 5.95. The highest BCUT2D eigenvalue weighted by atomic mass is 19.1. The van der Waals surface area contributed by atoms with Crippen LogP contribution in [-0.4, -0.2) is 18.8 Å². The predicted octanol–water partition coefficient (Wildman–Crippen LogP) is 6.75. The molecule has 4 nitrogen and oxygen atoms in total. The molecule has 0 atom stereocenters. The van der Waals surface area contributed by atoms with Crippen LogP contribution in [0.1, 0.15) is 74.4 Å². The molecule has 1 N–H and O–H groups in total. The van der Waals surface area contributed by atoms with E-state index in [0.29, 0.717) is 5.69 Å². The number of amides is 1. The zero-order chi connectivity index (χ0) is 23.7. The molecule has 3 rings (SSSR count). The Labute approximate surface area is 191 Å². The number of Topliss-reactive ketones (excluding diaryl/α,β-unsaturated/α-hetero) is 1. The fourth-order valence-electron chi connectivity index (χ4n) is 4.32. The molecule has 0 radical (unpaired) electrons. The van der Waals surface area contributed by atoms with Gasteiger partial charge in [0.15, 0.2) is 17.3 Å². The van der Waals surface area contributed by atoms with E-state index in [-0.39, 0.29) is 23.4 Å². The van der Waals surface area contributed by atoms with Crippen molar-refractivity contribution in [3.05, 3.63) is 58.9 Å². The Morgan fingerprint density at radius 3 is 2.28 bits per heavy atom. The van der Waals surface area contributed by atoms with Gasteiger partial charge in [-0.2, -0.15) is 0 Å². The zero-order valence-electron chi connectivity index (χ0n) is 20.0. The topological polar surface area (TPSA) is 55.4 Å². The molecule has 5 heteroatoms. The monoisotopic (exact) mass is 441 g/mol. The number of benzene rings is 2. The molecule has 0 saturated heterocycles. The minimum atomic E-state index is -0.458. The van der Waals surface area contributed by atoms with E-state index in [1.165, 1.54) is 36.8 Å². The maximum atomic E-state index is 13.6. The number of ketones is 1. The van der Waals surface area contributed by atoms with Gasteiger partial charge in [0.25, 0.3) is 0 Å². The quantitative estimate of drug-likeness (QED) is 0.505. The number of methoxy groups -OCH3 is 1. The first kappa shape index (κ1) is 25.6. The number of carbonyl (C=O) groups is 2. The van der Waals surface area contributed by atoms with Crippen LogP contribution in [0.2, 0.25) is 0 Å². The predicted molar refractivity (Wildman–Crippen MR) is 128 cm³/mol. The summed E-state index contributed by atoms with van der Waals surface area (Å²) in [6.45, 7) is 7.94. The van der Waals surface area contributed by atoms with E-state index in [1.807, 2.05) is 25.1 Å². The van der Waals surface area contributed by atoms with Crippen molar-refractivity contribution in [2.45, 2.75) is 66.2 Å². The van der Waals surface area contributed by atoms with Crippen molar-refractivity contribution in [1.82, 2.24) is 0 Å². The second-order valence-electron chi connectivity index (χ2n) is 8.48. The largest absolute Gasteiger partial charge is 0.494 e. The molecule has 1 amide bonds. The van der Waals surface area contributed by atoms with E-state index in [1.54, 1.807) is 13.0 Å². The maximum Gasteiger partial charge on any atom is 0.227 e. The third-order valence-corrected chi connectivity index (χ3v) is 6.36. The van der Waals surface area contributed by atoms with E-state index in [0.717, 1.165) is 43.6 Å². The van der Waals surface area contributed by atoms with Crippen LogP contribution < -0.4 is 10.1 Å². The lowest BCUT2D eigenvalue weighted by atomic mass is 9.80. The van der Waals surface area contributed by atoms with Crippen molar-refractivity contribution in [2.24, 2.45) is 11.8 Å². The smallest absolute Gasteiger partial charge is 0.227 e. The average Bonchev–Trinajstić information content (AvgIpc) is 2.79. The first-order valence-electron chi connectivity index (χ1n) is 11.5. The van der Waals surface area contributed by atoms with Crippen LogP contribution in [0.25, 0.3) is 0 Å². The van der Waals surface area contributed by atoms with Crippen LogP contribution in [0, 0.1) is 24.6 Å². The standard InChI is InChI=1S/C16H22FNO2.C11H14O/c1-3-11-4-6-12(7-5-11)16(19)18-13-8-9-15(20-2)14(17)10-13;1-4-10-8(2)6-5-7-11(10)9(3)12/h8-12H,3-7H2,1-2H3,(H,18,19);5-7H,4H2,1-3H3. The first-order valence-corrected chi connectivity index (χ1v) is 11.5. The van der Waals surface area contributed by atoms with Crippen LogP contribution in [0.3, 0.4) is 0 Å². The number of hydrogen-bond acceptors (Lipinski definition) is 3. The summed E-state index contributed by atoms with van der Waals surface area (Å²) in [6, 6.07) is 10.4. The van der Waals surface area contributed by atoms with Gasteiger partial charge in [0.2, 0.25) is 5.91 Å². The second-order valence-corrected chi connectivity index (χ2v) is 8.48. The maximum absolute atomic E-state index is 13.6. The molecule has 1 fully saturated rings. The van der Waals surface area contributed by atoms with Gasteiger partial charge in [-0.25, -0.2) is 4.39 Å². The highest BCUT2D eigenvalue weighted by Gasteiger charge is 2.25. The summed E-state index contributed by atoms with van der Waals surface area (Å²) < 4.78 is 18.4. The Morgan fingerprint density at radius 1 is 1.09 bits per heavy atom.